The summed E-state index contributed by atoms with van der Waals surface area (Å²) in [6.07, 6.45) is 3.54. The van der Waals surface area contributed by atoms with E-state index in [2.05, 4.69) is 36.4 Å². The van der Waals surface area contributed by atoms with Gasteiger partial charge in [-0.1, -0.05) is 42.4 Å². The monoisotopic (exact) mass is 432 g/mol. The number of carbonyl (C=O) groups excluding carboxylic acids is 2. The van der Waals surface area contributed by atoms with Crippen molar-refractivity contribution in [2.75, 3.05) is 0 Å². The Kier molecular flexibility index (Phi) is 4.69. The molecule has 2 saturated carbocycles. The minimum atomic E-state index is -0.295. The summed E-state index contributed by atoms with van der Waals surface area (Å²) in [5.74, 6) is -0.121. The topological polar surface area (TPSA) is 52.6 Å². The zero-order valence-corrected chi connectivity index (χ0v) is 17.3. The van der Waals surface area contributed by atoms with Gasteiger partial charge in [0.05, 0.1) is 5.56 Å². The Bertz CT molecular complexity index is 803. The van der Waals surface area contributed by atoms with E-state index in [4.69, 9.17) is 9.47 Å². The molecule has 2 aliphatic carbocycles. The van der Waals surface area contributed by atoms with Gasteiger partial charge in [0.1, 0.15) is 12.2 Å². The van der Waals surface area contributed by atoms with E-state index < -0.39 is 0 Å². The lowest BCUT2D eigenvalue weighted by molar-refractivity contribution is -0.159. The zero-order chi connectivity index (χ0) is 19.3. The molecule has 3 aliphatic rings. The fourth-order valence-corrected chi connectivity index (χ4v) is 5.92. The Morgan fingerprint density at radius 2 is 2.07 bits per heavy atom. The Balaban J connectivity index is 1.55. The quantitative estimate of drug-likeness (QED) is 0.491. The fraction of sp³-hybridized carbons (Fsp3) is 0.545. The molecule has 0 N–H and O–H groups in total. The molecule has 3 fully saturated rings. The Morgan fingerprint density at radius 3 is 2.81 bits per heavy atom. The van der Waals surface area contributed by atoms with Crippen molar-refractivity contribution in [3.8, 4) is 0 Å². The van der Waals surface area contributed by atoms with E-state index >= 15 is 0 Å². The van der Waals surface area contributed by atoms with E-state index in [0.717, 1.165) is 30.2 Å². The van der Waals surface area contributed by atoms with Gasteiger partial charge >= 0.3 is 11.9 Å². The molecule has 4 nitrogen and oxygen atoms in total. The molecule has 1 heterocycles. The van der Waals surface area contributed by atoms with Gasteiger partial charge in [-0.2, -0.15) is 0 Å². The predicted molar refractivity (Wildman–Crippen MR) is 105 cm³/mol. The van der Waals surface area contributed by atoms with Crippen molar-refractivity contribution in [1.82, 2.24) is 0 Å². The number of ether oxygens (including phenoxy) is 2. The number of halogens is 1. The maximum absolute atomic E-state index is 12.6. The molecular weight excluding hydrogens is 408 g/mol. The first-order valence-electron chi connectivity index (χ1n) is 9.66. The minimum absolute atomic E-state index is 0.109. The molecule has 0 aromatic heterocycles. The highest BCUT2D eigenvalue weighted by molar-refractivity contribution is 9.10. The first kappa shape index (κ1) is 18.7. The van der Waals surface area contributed by atoms with Crippen LogP contribution in [0.1, 0.15) is 49.9 Å². The van der Waals surface area contributed by atoms with Crippen LogP contribution in [0.4, 0.5) is 0 Å². The molecule has 1 saturated heterocycles. The standard InChI is InChI=1S/C22H25BrO4/c1-12-16-7-9-22(3)10-8-17(13(2)18(22)19(16)27-20(12)24)26-21(25)14-5-4-6-15(23)11-14/h4-6,11,13,16-19H,1,7-10H2,2-3H3/t13-,16-,17-,18?,19-,22-/m0/s1. The average molecular weight is 433 g/mol. The van der Waals surface area contributed by atoms with Crippen LogP contribution >= 0.6 is 15.9 Å². The van der Waals surface area contributed by atoms with Gasteiger partial charge in [-0.05, 0) is 49.3 Å². The minimum Gasteiger partial charge on any atom is -0.458 e. The summed E-state index contributed by atoms with van der Waals surface area (Å²) in [6.45, 7) is 8.39. The van der Waals surface area contributed by atoms with Gasteiger partial charge in [0.15, 0.2) is 0 Å². The smallest absolute Gasteiger partial charge is 0.338 e. The average Bonchev–Trinajstić information content (AvgIpc) is 2.91. The van der Waals surface area contributed by atoms with Gasteiger partial charge in [-0.3, -0.25) is 0 Å². The number of benzene rings is 1. The Labute approximate surface area is 168 Å². The van der Waals surface area contributed by atoms with Crippen molar-refractivity contribution in [2.24, 2.45) is 23.2 Å². The van der Waals surface area contributed by atoms with Crippen LogP contribution in [0, 0.1) is 23.2 Å². The number of esters is 2. The van der Waals surface area contributed by atoms with Gasteiger partial charge in [-0.25, -0.2) is 9.59 Å². The largest absolute Gasteiger partial charge is 0.458 e. The maximum Gasteiger partial charge on any atom is 0.338 e. The van der Waals surface area contributed by atoms with Crippen LogP contribution in [0.2, 0.25) is 0 Å². The van der Waals surface area contributed by atoms with Crippen molar-refractivity contribution in [2.45, 2.75) is 51.7 Å². The molecule has 0 spiro atoms. The van der Waals surface area contributed by atoms with Gasteiger partial charge in [0.25, 0.3) is 0 Å². The van der Waals surface area contributed by atoms with Crippen LogP contribution < -0.4 is 0 Å². The molecule has 1 aromatic rings. The van der Waals surface area contributed by atoms with E-state index in [1.807, 2.05) is 12.1 Å². The predicted octanol–water partition coefficient (Wildman–Crippen LogP) is 4.92. The highest BCUT2D eigenvalue weighted by Crippen LogP contribution is 2.58. The summed E-state index contributed by atoms with van der Waals surface area (Å²) in [4.78, 5) is 24.7. The summed E-state index contributed by atoms with van der Waals surface area (Å²) >= 11 is 3.40. The third-order valence-electron chi connectivity index (χ3n) is 7.01. The third kappa shape index (κ3) is 3.14. The first-order valence-corrected chi connectivity index (χ1v) is 10.5. The van der Waals surface area contributed by atoms with Gasteiger partial charge < -0.3 is 9.47 Å². The molecule has 0 bridgehead atoms. The van der Waals surface area contributed by atoms with E-state index in [1.165, 1.54) is 0 Å². The lowest BCUT2D eigenvalue weighted by Gasteiger charge is -2.54. The molecule has 144 valence electrons. The second-order valence-electron chi connectivity index (χ2n) is 8.57. The van der Waals surface area contributed by atoms with Crippen LogP contribution in [0.5, 0.6) is 0 Å². The maximum atomic E-state index is 12.6. The molecule has 0 radical (unpaired) electrons. The van der Waals surface area contributed by atoms with E-state index in [9.17, 15) is 9.59 Å². The normalized spacial score (nSPS) is 38.0. The Hall–Kier alpha value is -1.62. The van der Waals surface area contributed by atoms with Crippen LogP contribution in [0.25, 0.3) is 0 Å². The van der Waals surface area contributed by atoms with Crippen LogP contribution in [0.3, 0.4) is 0 Å². The highest BCUT2D eigenvalue weighted by atomic mass is 79.9. The van der Waals surface area contributed by atoms with E-state index in [-0.39, 0.29) is 47.3 Å². The van der Waals surface area contributed by atoms with Crippen molar-refractivity contribution < 1.29 is 19.1 Å². The van der Waals surface area contributed by atoms with Crippen molar-refractivity contribution in [1.29, 1.82) is 0 Å². The number of hydrogen-bond donors (Lipinski definition) is 0. The molecule has 1 aromatic carbocycles. The molecule has 27 heavy (non-hydrogen) atoms. The molecule has 5 heteroatoms. The number of carbonyl (C=O) groups is 2. The summed E-state index contributed by atoms with van der Waals surface area (Å²) in [5.41, 5.74) is 1.28. The number of hydrogen-bond acceptors (Lipinski definition) is 4. The van der Waals surface area contributed by atoms with E-state index in [1.54, 1.807) is 12.1 Å². The summed E-state index contributed by atoms with van der Waals surface area (Å²) in [6, 6.07) is 7.26. The van der Waals surface area contributed by atoms with Crippen molar-refractivity contribution >= 4 is 27.9 Å². The third-order valence-corrected chi connectivity index (χ3v) is 7.50. The molecule has 1 aliphatic heterocycles. The molecule has 6 atom stereocenters. The van der Waals surface area contributed by atoms with Gasteiger partial charge in [0, 0.05) is 27.8 Å². The lowest BCUT2D eigenvalue weighted by atomic mass is 9.53. The lowest BCUT2D eigenvalue weighted by Crippen LogP contribution is -2.53. The molecular formula is C22H25BrO4. The zero-order valence-electron chi connectivity index (χ0n) is 15.7. The second kappa shape index (κ2) is 6.77. The summed E-state index contributed by atoms with van der Waals surface area (Å²) in [7, 11) is 0. The summed E-state index contributed by atoms with van der Waals surface area (Å²) < 4.78 is 12.5. The molecule has 1 unspecified atom stereocenters. The van der Waals surface area contributed by atoms with Crippen molar-refractivity contribution in [3.05, 3.63) is 46.5 Å². The first-order chi connectivity index (χ1) is 12.8. The molecule has 0 amide bonds. The Morgan fingerprint density at radius 1 is 1.33 bits per heavy atom. The second-order valence-corrected chi connectivity index (χ2v) is 9.49. The van der Waals surface area contributed by atoms with Gasteiger partial charge in [-0.15, -0.1) is 0 Å². The van der Waals surface area contributed by atoms with Crippen LogP contribution in [0.15, 0.2) is 40.9 Å². The van der Waals surface area contributed by atoms with Crippen LogP contribution in [-0.4, -0.2) is 24.1 Å². The molecule has 4 rings (SSSR count). The number of rotatable bonds is 2. The highest BCUT2D eigenvalue weighted by Gasteiger charge is 2.58. The fourth-order valence-electron chi connectivity index (χ4n) is 5.52. The summed E-state index contributed by atoms with van der Waals surface area (Å²) in [5, 5.41) is 0. The van der Waals surface area contributed by atoms with Gasteiger partial charge in [0.2, 0.25) is 0 Å². The number of fused-ring (bicyclic) bond motifs is 3. The van der Waals surface area contributed by atoms with Crippen molar-refractivity contribution in [3.63, 3.8) is 0 Å². The SMILES string of the molecule is C=C1C(=O)O[C@@H]2C3[C@@H](C)[C@@H](OC(=O)c4cccc(Br)c4)CC[C@]3(C)CC[C@@H]12. The van der Waals surface area contributed by atoms with E-state index in [0.29, 0.717) is 11.1 Å². The van der Waals surface area contributed by atoms with Crippen LogP contribution in [-0.2, 0) is 14.3 Å².